The Kier molecular flexibility index (Phi) is 6.74. The highest BCUT2D eigenvalue weighted by atomic mass is 16.5. The normalized spacial score (nSPS) is 15.9. The zero-order valence-electron chi connectivity index (χ0n) is 15.6. The third-order valence-corrected chi connectivity index (χ3v) is 4.82. The van der Waals surface area contributed by atoms with E-state index in [-0.39, 0.29) is 17.7 Å². The Bertz CT molecular complexity index is 752. The second-order valence-electron chi connectivity index (χ2n) is 6.66. The van der Waals surface area contributed by atoms with Crippen LogP contribution in [-0.2, 0) is 14.3 Å². The first kappa shape index (κ1) is 19.3. The van der Waals surface area contributed by atoms with Crippen molar-refractivity contribution in [2.24, 2.45) is 0 Å². The third-order valence-electron chi connectivity index (χ3n) is 4.82. The molecule has 1 aliphatic heterocycles. The molecule has 0 amide bonds. The van der Waals surface area contributed by atoms with Crippen LogP contribution in [0.15, 0.2) is 54.6 Å². The van der Waals surface area contributed by atoms with E-state index in [4.69, 9.17) is 9.47 Å². The van der Waals surface area contributed by atoms with E-state index < -0.39 is 0 Å². The number of nitrogens with zero attached hydrogens (tertiary/aromatic N) is 1. The van der Waals surface area contributed by atoms with Crippen molar-refractivity contribution in [1.29, 1.82) is 0 Å². The lowest BCUT2D eigenvalue weighted by Gasteiger charge is -2.26. The van der Waals surface area contributed by atoms with E-state index in [2.05, 4.69) is 4.90 Å². The molecule has 1 heterocycles. The van der Waals surface area contributed by atoms with Crippen molar-refractivity contribution in [2.75, 3.05) is 39.5 Å². The summed E-state index contributed by atoms with van der Waals surface area (Å²) in [5.41, 5.74) is 2.11. The third kappa shape index (κ3) is 5.25. The molecule has 5 nitrogen and oxygen atoms in total. The van der Waals surface area contributed by atoms with Crippen LogP contribution in [0.2, 0.25) is 0 Å². The molecule has 3 rings (SSSR count). The molecule has 2 aromatic rings. The lowest BCUT2D eigenvalue weighted by atomic mass is 9.97. The van der Waals surface area contributed by atoms with Crippen molar-refractivity contribution < 1.29 is 19.1 Å². The SMILES string of the molecule is CC(C(=O)OCCN1CCOCC1)c1ccc(C(=O)c2ccccc2)cc1. The van der Waals surface area contributed by atoms with Crippen LogP contribution in [0.25, 0.3) is 0 Å². The predicted octanol–water partition coefficient (Wildman–Crippen LogP) is 2.90. The van der Waals surface area contributed by atoms with Gasteiger partial charge >= 0.3 is 5.97 Å². The second-order valence-corrected chi connectivity index (χ2v) is 6.66. The fourth-order valence-corrected chi connectivity index (χ4v) is 3.04. The Morgan fingerprint density at radius 2 is 1.63 bits per heavy atom. The molecule has 1 aliphatic rings. The average molecular weight is 367 g/mol. The maximum atomic E-state index is 12.4. The number of rotatable bonds is 7. The number of carbonyl (C=O) groups excluding carboxylic acids is 2. The van der Waals surface area contributed by atoms with Crippen LogP contribution in [0.5, 0.6) is 0 Å². The molecule has 5 heteroatoms. The lowest BCUT2D eigenvalue weighted by Crippen LogP contribution is -2.38. The van der Waals surface area contributed by atoms with Gasteiger partial charge in [0.2, 0.25) is 0 Å². The Balaban J connectivity index is 1.52. The van der Waals surface area contributed by atoms with Crippen molar-refractivity contribution in [2.45, 2.75) is 12.8 Å². The predicted molar refractivity (Wildman–Crippen MR) is 103 cm³/mol. The highest BCUT2D eigenvalue weighted by Gasteiger charge is 2.18. The van der Waals surface area contributed by atoms with Crippen molar-refractivity contribution in [3.63, 3.8) is 0 Å². The number of hydrogen-bond acceptors (Lipinski definition) is 5. The van der Waals surface area contributed by atoms with Gasteiger partial charge in [-0.15, -0.1) is 0 Å². The number of ketones is 1. The van der Waals surface area contributed by atoms with Gasteiger partial charge in [-0.25, -0.2) is 0 Å². The van der Waals surface area contributed by atoms with Gasteiger partial charge in [0.15, 0.2) is 5.78 Å². The molecule has 1 fully saturated rings. The van der Waals surface area contributed by atoms with Gasteiger partial charge < -0.3 is 9.47 Å². The van der Waals surface area contributed by atoms with Crippen molar-refractivity contribution in [3.05, 3.63) is 71.3 Å². The molecule has 142 valence electrons. The lowest BCUT2D eigenvalue weighted by molar-refractivity contribution is -0.145. The molecule has 0 N–H and O–H groups in total. The Labute approximate surface area is 159 Å². The van der Waals surface area contributed by atoms with E-state index in [9.17, 15) is 9.59 Å². The summed E-state index contributed by atoms with van der Waals surface area (Å²) in [6.07, 6.45) is 0. The number of morpholine rings is 1. The van der Waals surface area contributed by atoms with E-state index in [1.54, 1.807) is 24.3 Å². The zero-order valence-corrected chi connectivity index (χ0v) is 15.6. The molecule has 0 bridgehead atoms. The van der Waals surface area contributed by atoms with Gasteiger partial charge in [-0.05, 0) is 12.5 Å². The van der Waals surface area contributed by atoms with Crippen LogP contribution in [0.1, 0.15) is 34.3 Å². The van der Waals surface area contributed by atoms with Crippen LogP contribution >= 0.6 is 0 Å². The summed E-state index contributed by atoms with van der Waals surface area (Å²) in [6, 6.07) is 16.3. The summed E-state index contributed by atoms with van der Waals surface area (Å²) in [5, 5.41) is 0. The van der Waals surface area contributed by atoms with Gasteiger partial charge in [0.05, 0.1) is 19.1 Å². The molecule has 1 saturated heterocycles. The topological polar surface area (TPSA) is 55.8 Å². The van der Waals surface area contributed by atoms with E-state index >= 15 is 0 Å². The molecule has 0 spiro atoms. The number of carbonyl (C=O) groups is 2. The van der Waals surface area contributed by atoms with Crippen LogP contribution in [-0.4, -0.2) is 56.1 Å². The summed E-state index contributed by atoms with van der Waals surface area (Å²) in [7, 11) is 0. The fraction of sp³-hybridized carbons (Fsp3) is 0.364. The summed E-state index contributed by atoms with van der Waals surface area (Å²) >= 11 is 0. The first-order chi connectivity index (χ1) is 13.1. The van der Waals surface area contributed by atoms with Gasteiger partial charge in [-0.2, -0.15) is 0 Å². The molecule has 0 saturated carbocycles. The van der Waals surface area contributed by atoms with Gasteiger partial charge in [-0.1, -0.05) is 54.6 Å². The largest absolute Gasteiger partial charge is 0.464 e. The van der Waals surface area contributed by atoms with Crippen molar-refractivity contribution in [1.82, 2.24) is 4.90 Å². The molecule has 0 aliphatic carbocycles. The van der Waals surface area contributed by atoms with E-state index in [0.717, 1.165) is 38.4 Å². The van der Waals surface area contributed by atoms with Crippen LogP contribution in [0.3, 0.4) is 0 Å². The van der Waals surface area contributed by atoms with Gasteiger partial charge in [0, 0.05) is 30.8 Å². The molecular formula is C22H25NO4. The summed E-state index contributed by atoms with van der Waals surface area (Å²) < 4.78 is 10.7. The van der Waals surface area contributed by atoms with Gasteiger partial charge in [-0.3, -0.25) is 14.5 Å². The summed E-state index contributed by atoms with van der Waals surface area (Å²) in [5.74, 6) is -0.635. The molecule has 27 heavy (non-hydrogen) atoms. The monoisotopic (exact) mass is 367 g/mol. The smallest absolute Gasteiger partial charge is 0.313 e. The minimum atomic E-state index is -0.365. The Hall–Kier alpha value is -2.50. The van der Waals surface area contributed by atoms with E-state index in [0.29, 0.717) is 17.7 Å². The highest BCUT2D eigenvalue weighted by molar-refractivity contribution is 6.08. The Morgan fingerprint density at radius 1 is 1.00 bits per heavy atom. The van der Waals surface area contributed by atoms with E-state index in [1.807, 2.05) is 37.3 Å². The number of hydrogen-bond donors (Lipinski definition) is 0. The number of ether oxygens (including phenoxy) is 2. The first-order valence-corrected chi connectivity index (χ1v) is 9.31. The Morgan fingerprint density at radius 3 is 2.30 bits per heavy atom. The zero-order chi connectivity index (χ0) is 19.1. The molecule has 1 atom stereocenters. The first-order valence-electron chi connectivity index (χ1n) is 9.31. The van der Waals surface area contributed by atoms with E-state index in [1.165, 1.54) is 0 Å². The minimum Gasteiger partial charge on any atom is -0.464 e. The second kappa shape index (κ2) is 9.44. The maximum Gasteiger partial charge on any atom is 0.313 e. The van der Waals surface area contributed by atoms with Gasteiger partial charge in [0.25, 0.3) is 0 Å². The molecule has 2 aromatic carbocycles. The maximum absolute atomic E-state index is 12.4. The molecule has 0 radical (unpaired) electrons. The van der Waals surface area contributed by atoms with Crippen LogP contribution < -0.4 is 0 Å². The average Bonchev–Trinajstić information content (AvgIpc) is 2.74. The molecular weight excluding hydrogens is 342 g/mol. The van der Waals surface area contributed by atoms with Crippen molar-refractivity contribution >= 4 is 11.8 Å². The fourth-order valence-electron chi connectivity index (χ4n) is 3.04. The quantitative estimate of drug-likeness (QED) is 0.556. The standard InChI is InChI=1S/C22H25NO4/c1-17(22(25)27-16-13-23-11-14-26-15-12-23)18-7-9-20(10-8-18)21(24)19-5-3-2-4-6-19/h2-10,17H,11-16H2,1H3. The highest BCUT2D eigenvalue weighted by Crippen LogP contribution is 2.19. The van der Waals surface area contributed by atoms with Crippen LogP contribution in [0, 0.1) is 0 Å². The molecule has 0 aromatic heterocycles. The summed E-state index contributed by atoms with van der Waals surface area (Å²) in [4.78, 5) is 27.0. The minimum absolute atomic E-state index is 0.0251. The number of benzene rings is 2. The van der Waals surface area contributed by atoms with Gasteiger partial charge in [0.1, 0.15) is 6.61 Å². The van der Waals surface area contributed by atoms with Crippen LogP contribution in [0.4, 0.5) is 0 Å². The summed E-state index contributed by atoms with van der Waals surface area (Å²) in [6.45, 7) is 6.16. The van der Waals surface area contributed by atoms with Crippen molar-refractivity contribution in [3.8, 4) is 0 Å². The molecule has 1 unspecified atom stereocenters. The number of esters is 1.